The van der Waals surface area contributed by atoms with Crippen LogP contribution in [-0.2, 0) is 16.6 Å². The van der Waals surface area contributed by atoms with Crippen LogP contribution in [0.5, 0.6) is 5.75 Å². The number of ether oxygens (including phenoxy) is 1. The number of benzene rings is 1. The highest BCUT2D eigenvalue weighted by Crippen LogP contribution is 2.26. The van der Waals surface area contributed by atoms with E-state index in [4.69, 9.17) is 4.74 Å². The standard InChI is InChI=1S/C15H21N3O4S/c1-16(2)23(20,21)18-8-6-17(7-9-18)15(19)13-3-4-14-12(11-13)5-10-22-14/h3-4,11H,5-10H2,1-2H3. The van der Waals surface area contributed by atoms with Gasteiger partial charge in [-0.15, -0.1) is 0 Å². The Morgan fingerprint density at radius 3 is 2.52 bits per heavy atom. The van der Waals surface area contributed by atoms with Crippen molar-refractivity contribution < 1.29 is 17.9 Å². The van der Waals surface area contributed by atoms with Crippen molar-refractivity contribution in [1.29, 1.82) is 0 Å². The van der Waals surface area contributed by atoms with E-state index in [1.54, 1.807) is 11.0 Å². The summed E-state index contributed by atoms with van der Waals surface area (Å²) in [5.74, 6) is 0.796. The lowest BCUT2D eigenvalue weighted by Crippen LogP contribution is -2.53. The van der Waals surface area contributed by atoms with E-state index in [1.807, 2.05) is 12.1 Å². The molecule has 1 amide bonds. The van der Waals surface area contributed by atoms with Crippen LogP contribution < -0.4 is 4.74 Å². The second kappa shape index (κ2) is 6.10. The van der Waals surface area contributed by atoms with E-state index in [2.05, 4.69) is 0 Å². The van der Waals surface area contributed by atoms with E-state index in [-0.39, 0.29) is 5.91 Å². The zero-order valence-corrected chi connectivity index (χ0v) is 14.2. The van der Waals surface area contributed by atoms with Gasteiger partial charge in [-0.1, -0.05) is 0 Å². The van der Waals surface area contributed by atoms with Crippen LogP contribution >= 0.6 is 0 Å². The van der Waals surface area contributed by atoms with Gasteiger partial charge in [0.2, 0.25) is 0 Å². The van der Waals surface area contributed by atoms with E-state index in [0.29, 0.717) is 38.3 Å². The second-order valence-corrected chi connectivity index (χ2v) is 8.04. The average molecular weight is 339 g/mol. The smallest absolute Gasteiger partial charge is 0.281 e. The van der Waals surface area contributed by atoms with Gasteiger partial charge in [0.25, 0.3) is 16.1 Å². The molecule has 8 heteroatoms. The quantitative estimate of drug-likeness (QED) is 0.788. The monoisotopic (exact) mass is 339 g/mol. The third-order valence-electron chi connectivity index (χ3n) is 4.25. The maximum Gasteiger partial charge on any atom is 0.281 e. The largest absolute Gasteiger partial charge is 0.493 e. The summed E-state index contributed by atoms with van der Waals surface area (Å²) < 4.78 is 32.2. The zero-order valence-electron chi connectivity index (χ0n) is 13.4. The first kappa shape index (κ1) is 16.2. The molecule has 1 aromatic carbocycles. The number of carbonyl (C=O) groups is 1. The summed E-state index contributed by atoms with van der Waals surface area (Å²) in [7, 11) is -0.383. The number of amides is 1. The van der Waals surface area contributed by atoms with Crippen LogP contribution in [0.15, 0.2) is 18.2 Å². The number of nitrogens with zero attached hydrogens (tertiary/aromatic N) is 3. The molecular formula is C15H21N3O4S. The zero-order chi connectivity index (χ0) is 16.6. The van der Waals surface area contributed by atoms with Crippen molar-refractivity contribution in [3.8, 4) is 5.75 Å². The maximum absolute atomic E-state index is 12.6. The minimum absolute atomic E-state index is 0.0541. The van der Waals surface area contributed by atoms with E-state index in [0.717, 1.165) is 17.7 Å². The third kappa shape index (κ3) is 3.06. The van der Waals surface area contributed by atoms with Crippen LogP contribution in [0.1, 0.15) is 15.9 Å². The highest BCUT2D eigenvalue weighted by Gasteiger charge is 2.30. The number of hydrogen-bond donors (Lipinski definition) is 0. The summed E-state index contributed by atoms with van der Waals surface area (Å²) in [6, 6.07) is 5.49. The molecule has 0 radical (unpaired) electrons. The molecule has 2 aliphatic heterocycles. The molecule has 0 N–H and O–H groups in total. The van der Waals surface area contributed by atoms with Crippen LogP contribution in [0.2, 0.25) is 0 Å². The van der Waals surface area contributed by atoms with E-state index >= 15 is 0 Å². The van der Waals surface area contributed by atoms with E-state index in [9.17, 15) is 13.2 Å². The minimum Gasteiger partial charge on any atom is -0.493 e. The average Bonchev–Trinajstić information content (AvgIpc) is 3.01. The molecule has 1 aromatic rings. The summed E-state index contributed by atoms with van der Waals surface area (Å²) in [5, 5.41) is 0. The number of fused-ring (bicyclic) bond motifs is 1. The van der Waals surface area contributed by atoms with Gasteiger partial charge in [0.15, 0.2) is 0 Å². The third-order valence-corrected chi connectivity index (χ3v) is 6.19. The first-order valence-corrected chi connectivity index (χ1v) is 9.02. The highest BCUT2D eigenvalue weighted by molar-refractivity contribution is 7.86. The first-order chi connectivity index (χ1) is 10.9. The van der Waals surface area contributed by atoms with Gasteiger partial charge in [-0.25, -0.2) is 0 Å². The molecule has 126 valence electrons. The van der Waals surface area contributed by atoms with Crippen LogP contribution in [0.3, 0.4) is 0 Å². The lowest BCUT2D eigenvalue weighted by Gasteiger charge is -2.35. The normalized spacial score (nSPS) is 18.8. The Morgan fingerprint density at radius 1 is 1.17 bits per heavy atom. The number of rotatable bonds is 3. The van der Waals surface area contributed by atoms with Crippen molar-refractivity contribution in [3.63, 3.8) is 0 Å². The first-order valence-electron chi connectivity index (χ1n) is 7.62. The maximum atomic E-state index is 12.6. The summed E-state index contributed by atoms with van der Waals surface area (Å²) >= 11 is 0. The van der Waals surface area contributed by atoms with Gasteiger partial charge in [-0.3, -0.25) is 4.79 Å². The fraction of sp³-hybridized carbons (Fsp3) is 0.533. The van der Waals surface area contributed by atoms with E-state index in [1.165, 1.54) is 22.7 Å². The van der Waals surface area contributed by atoms with Crippen molar-refractivity contribution >= 4 is 16.1 Å². The van der Waals surface area contributed by atoms with Crippen LogP contribution in [0, 0.1) is 0 Å². The highest BCUT2D eigenvalue weighted by atomic mass is 32.2. The molecule has 23 heavy (non-hydrogen) atoms. The number of piperazine rings is 1. The lowest BCUT2D eigenvalue weighted by molar-refractivity contribution is 0.0695. The molecule has 0 aliphatic carbocycles. The predicted molar refractivity (Wildman–Crippen MR) is 85.7 cm³/mol. The molecular weight excluding hydrogens is 318 g/mol. The fourth-order valence-electron chi connectivity index (χ4n) is 2.86. The van der Waals surface area contributed by atoms with Crippen LogP contribution in [0.25, 0.3) is 0 Å². The molecule has 0 spiro atoms. The molecule has 1 saturated heterocycles. The SMILES string of the molecule is CN(C)S(=O)(=O)N1CCN(C(=O)c2ccc3c(c2)CCO3)CC1. The van der Waals surface area contributed by atoms with Crippen LogP contribution in [-0.4, -0.2) is 74.7 Å². The predicted octanol–water partition coefficient (Wildman–Crippen LogP) is 0.186. The minimum atomic E-state index is -3.41. The molecule has 0 bridgehead atoms. The molecule has 2 aliphatic rings. The lowest BCUT2D eigenvalue weighted by atomic mass is 10.1. The van der Waals surface area contributed by atoms with Crippen molar-refractivity contribution in [3.05, 3.63) is 29.3 Å². The fourth-order valence-corrected chi connectivity index (χ4v) is 3.94. The van der Waals surface area contributed by atoms with Crippen molar-refractivity contribution in [2.24, 2.45) is 0 Å². The summed E-state index contributed by atoms with van der Waals surface area (Å²) in [4.78, 5) is 14.3. The Kier molecular flexibility index (Phi) is 4.31. The molecule has 1 fully saturated rings. The Labute approximate surface area is 136 Å². The van der Waals surface area contributed by atoms with Gasteiger partial charge in [-0.05, 0) is 23.8 Å². The second-order valence-electron chi connectivity index (χ2n) is 5.90. The molecule has 0 aromatic heterocycles. The van der Waals surface area contributed by atoms with E-state index < -0.39 is 10.2 Å². The molecule has 0 unspecified atom stereocenters. The molecule has 2 heterocycles. The molecule has 0 atom stereocenters. The Balaban J connectivity index is 1.67. The summed E-state index contributed by atoms with van der Waals surface area (Å²) in [6.45, 7) is 2.10. The Bertz CT molecular complexity index is 709. The molecule has 3 rings (SSSR count). The summed E-state index contributed by atoms with van der Waals surface area (Å²) in [5.41, 5.74) is 1.70. The van der Waals surface area contributed by atoms with Crippen molar-refractivity contribution in [2.75, 3.05) is 46.9 Å². The van der Waals surface area contributed by atoms with Crippen LogP contribution in [0.4, 0.5) is 0 Å². The van der Waals surface area contributed by atoms with Gasteiger partial charge in [0.05, 0.1) is 6.61 Å². The Morgan fingerprint density at radius 2 is 1.87 bits per heavy atom. The van der Waals surface area contributed by atoms with Crippen molar-refractivity contribution in [2.45, 2.75) is 6.42 Å². The number of carbonyl (C=O) groups excluding carboxylic acids is 1. The van der Waals surface area contributed by atoms with Gasteiger partial charge < -0.3 is 9.64 Å². The van der Waals surface area contributed by atoms with Gasteiger partial charge >= 0.3 is 0 Å². The van der Waals surface area contributed by atoms with Gasteiger partial charge in [0, 0.05) is 52.3 Å². The molecule has 7 nitrogen and oxygen atoms in total. The van der Waals surface area contributed by atoms with Crippen molar-refractivity contribution in [1.82, 2.24) is 13.5 Å². The number of hydrogen-bond acceptors (Lipinski definition) is 4. The topological polar surface area (TPSA) is 70.2 Å². The Hall–Kier alpha value is -1.64. The summed E-state index contributed by atoms with van der Waals surface area (Å²) in [6.07, 6.45) is 0.825. The molecule has 0 saturated carbocycles. The van der Waals surface area contributed by atoms with Gasteiger partial charge in [0.1, 0.15) is 5.75 Å². The van der Waals surface area contributed by atoms with Gasteiger partial charge in [-0.2, -0.15) is 17.0 Å².